The number of hydrogen-bond acceptors (Lipinski definition) is 6. The van der Waals surface area contributed by atoms with Crippen molar-refractivity contribution in [1.82, 2.24) is 9.55 Å². The minimum absolute atomic E-state index is 0.136. The average Bonchev–Trinajstić information content (AvgIpc) is 2.97. The van der Waals surface area contributed by atoms with Crippen LogP contribution >= 0.6 is 11.3 Å². The predicted octanol–water partition coefficient (Wildman–Crippen LogP) is 1.28. The van der Waals surface area contributed by atoms with Gasteiger partial charge in [-0.05, 0) is 24.3 Å². The number of thiophene rings is 1. The van der Waals surface area contributed by atoms with E-state index in [0.29, 0.717) is 16.2 Å². The summed E-state index contributed by atoms with van der Waals surface area (Å²) in [6, 6.07) is 6.72. The SMILES string of the molecule is Nc1ccc(NC(=O)c2csc3ncn(CCO)c(=O)c23)cc1. The number of carbonyl (C=O) groups is 1. The minimum Gasteiger partial charge on any atom is -0.399 e. The minimum atomic E-state index is -0.387. The van der Waals surface area contributed by atoms with E-state index in [4.69, 9.17) is 10.8 Å². The van der Waals surface area contributed by atoms with Gasteiger partial charge >= 0.3 is 0 Å². The molecule has 0 aliphatic rings. The molecule has 1 amide bonds. The third-order valence-electron chi connectivity index (χ3n) is 3.31. The van der Waals surface area contributed by atoms with Gasteiger partial charge in [0, 0.05) is 16.8 Å². The molecule has 1 aromatic carbocycles. The van der Waals surface area contributed by atoms with E-state index >= 15 is 0 Å². The molecule has 8 heteroatoms. The molecule has 0 fully saturated rings. The van der Waals surface area contributed by atoms with Gasteiger partial charge in [-0.2, -0.15) is 0 Å². The molecule has 0 radical (unpaired) electrons. The van der Waals surface area contributed by atoms with Crippen molar-refractivity contribution in [1.29, 1.82) is 0 Å². The van der Waals surface area contributed by atoms with Gasteiger partial charge in [0.15, 0.2) is 0 Å². The number of benzene rings is 1. The summed E-state index contributed by atoms with van der Waals surface area (Å²) >= 11 is 1.23. The summed E-state index contributed by atoms with van der Waals surface area (Å²) in [5.41, 5.74) is 6.72. The summed E-state index contributed by atoms with van der Waals surface area (Å²) in [4.78, 5) is 29.5. The highest BCUT2D eigenvalue weighted by molar-refractivity contribution is 7.17. The number of anilines is 2. The van der Waals surface area contributed by atoms with Gasteiger partial charge in [0.2, 0.25) is 0 Å². The van der Waals surface area contributed by atoms with Crippen molar-refractivity contribution in [2.24, 2.45) is 0 Å². The summed E-state index contributed by atoms with van der Waals surface area (Å²) in [5.74, 6) is -0.387. The molecule has 4 N–H and O–H groups in total. The summed E-state index contributed by atoms with van der Waals surface area (Å²) in [5, 5.41) is 13.6. The number of nitrogen functional groups attached to an aromatic ring is 1. The molecule has 7 nitrogen and oxygen atoms in total. The molecule has 0 aliphatic carbocycles. The van der Waals surface area contributed by atoms with E-state index in [1.54, 1.807) is 29.6 Å². The number of fused-ring (bicyclic) bond motifs is 1. The fourth-order valence-corrected chi connectivity index (χ4v) is 3.04. The highest BCUT2D eigenvalue weighted by Gasteiger charge is 2.17. The fraction of sp³-hybridized carbons (Fsp3) is 0.133. The molecule has 0 atom stereocenters. The summed E-state index contributed by atoms with van der Waals surface area (Å²) < 4.78 is 1.29. The van der Waals surface area contributed by atoms with Crippen molar-refractivity contribution in [2.75, 3.05) is 17.7 Å². The van der Waals surface area contributed by atoms with Crippen molar-refractivity contribution in [3.63, 3.8) is 0 Å². The van der Waals surface area contributed by atoms with Crippen LogP contribution in [0.15, 0.2) is 40.8 Å². The first-order chi connectivity index (χ1) is 11.1. The molecule has 0 bridgehead atoms. The standard InChI is InChI=1S/C15H14N4O3S/c16-9-1-3-10(4-2-9)18-13(21)11-7-23-14-12(11)15(22)19(5-6-20)8-17-14/h1-4,7-8,20H,5-6,16H2,(H,18,21). The lowest BCUT2D eigenvalue weighted by molar-refractivity contribution is 0.102. The first-order valence-corrected chi connectivity index (χ1v) is 7.72. The van der Waals surface area contributed by atoms with Crippen LogP contribution in [0.25, 0.3) is 10.2 Å². The van der Waals surface area contributed by atoms with E-state index in [0.717, 1.165) is 0 Å². The molecule has 3 aromatic rings. The van der Waals surface area contributed by atoms with Gasteiger partial charge in [-0.15, -0.1) is 11.3 Å². The molecular formula is C15H14N4O3S. The Kier molecular flexibility index (Phi) is 4.09. The largest absolute Gasteiger partial charge is 0.399 e. The van der Waals surface area contributed by atoms with Gasteiger partial charge < -0.3 is 16.2 Å². The third kappa shape index (κ3) is 2.94. The lowest BCUT2D eigenvalue weighted by Crippen LogP contribution is -2.23. The number of aliphatic hydroxyl groups is 1. The number of aliphatic hydroxyl groups excluding tert-OH is 1. The number of carbonyl (C=O) groups excluding carboxylic acids is 1. The first kappa shape index (κ1) is 15.2. The molecule has 2 heterocycles. The Labute approximate surface area is 135 Å². The van der Waals surface area contributed by atoms with Crippen LogP contribution in [-0.4, -0.2) is 27.2 Å². The summed E-state index contributed by atoms with van der Waals surface area (Å²) in [7, 11) is 0. The van der Waals surface area contributed by atoms with E-state index in [1.807, 2.05) is 0 Å². The fourth-order valence-electron chi connectivity index (χ4n) is 2.17. The smallest absolute Gasteiger partial charge is 0.262 e. The van der Waals surface area contributed by atoms with Crippen LogP contribution < -0.4 is 16.6 Å². The van der Waals surface area contributed by atoms with Gasteiger partial charge in [0.1, 0.15) is 4.83 Å². The van der Waals surface area contributed by atoms with Crippen LogP contribution in [0, 0.1) is 0 Å². The van der Waals surface area contributed by atoms with E-state index in [2.05, 4.69) is 10.3 Å². The summed E-state index contributed by atoms with van der Waals surface area (Å²) in [6.45, 7) is -0.0408. The molecule has 0 spiro atoms. The number of nitrogens with one attached hydrogen (secondary N) is 1. The molecule has 0 saturated heterocycles. The van der Waals surface area contributed by atoms with Gasteiger partial charge in [-0.1, -0.05) is 0 Å². The van der Waals surface area contributed by atoms with Crippen molar-refractivity contribution < 1.29 is 9.90 Å². The Balaban J connectivity index is 1.98. The van der Waals surface area contributed by atoms with Crippen molar-refractivity contribution in [3.05, 3.63) is 51.9 Å². The zero-order valence-corrected chi connectivity index (χ0v) is 12.8. The van der Waals surface area contributed by atoms with Crippen LogP contribution in [0.1, 0.15) is 10.4 Å². The molecule has 118 valence electrons. The van der Waals surface area contributed by atoms with Crippen LogP contribution in [-0.2, 0) is 6.54 Å². The molecular weight excluding hydrogens is 316 g/mol. The van der Waals surface area contributed by atoms with Crippen LogP contribution in [0.2, 0.25) is 0 Å². The second-order valence-electron chi connectivity index (χ2n) is 4.87. The Morgan fingerprint density at radius 3 is 2.78 bits per heavy atom. The number of aromatic nitrogens is 2. The Hall–Kier alpha value is -2.71. The monoisotopic (exact) mass is 330 g/mol. The molecule has 0 unspecified atom stereocenters. The number of amides is 1. The molecule has 23 heavy (non-hydrogen) atoms. The van der Waals surface area contributed by atoms with E-state index in [1.165, 1.54) is 22.2 Å². The van der Waals surface area contributed by atoms with Crippen molar-refractivity contribution in [2.45, 2.75) is 6.54 Å². The highest BCUT2D eigenvalue weighted by atomic mass is 32.1. The van der Waals surface area contributed by atoms with E-state index < -0.39 is 0 Å². The van der Waals surface area contributed by atoms with Crippen molar-refractivity contribution >= 4 is 38.8 Å². The highest BCUT2D eigenvalue weighted by Crippen LogP contribution is 2.22. The molecule has 2 aromatic heterocycles. The van der Waals surface area contributed by atoms with E-state index in [-0.39, 0.29) is 35.6 Å². The Morgan fingerprint density at radius 2 is 2.09 bits per heavy atom. The van der Waals surface area contributed by atoms with Crippen LogP contribution in [0.4, 0.5) is 11.4 Å². The van der Waals surface area contributed by atoms with Gasteiger partial charge in [-0.25, -0.2) is 4.98 Å². The number of nitrogens with two attached hydrogens (primary N) is 1. The van der Waals surface area contributed by atoms with Crippen LogP contribution in [0.5, 0.6) is 0 Å². The maximum Gasteiger partial charge on any atom is 0.262 e. The zero-order chi connectivity index (χ0) is 16.4. The maximum atomic E-state index is 12.4. The first-order valence-electron chi connectivity index (χ1n) is 6.84. The average molecular weight is 330 g/mol. The van der Waals surface area contributed by atoms with Gasteiger partial charge in [0.25, 0.3) is 11.5 Å². The van der Waals surface area contributed by atoms with Crippen molar-refractivity contribution in [3.8, 4) is 0 Å². The Morgan fingerprint density at radius 1 is 1.35 bits per heavy atom. The predicted molar refractivity (Wildman–Crippen MR) is 89.8 cm³/mol. The topological polar surface area (TPSA) is 110 Å². The second-order valence-corrected chi connectivity index (χ2v) is 5.73. The normalized spacial score (nSPS) is 10.8. The quantitative estimate of drug-likeness (QED) is 0.624. The zero-order valence-electron chi connectivity index (χ0n) is 12.0. The van der Waals surface area contributed by atoms with Gasteiger partial charge in [-0.3, -0.25) is 14.2 Å². The second kappa shape index (κ2) is 6.19. The van der Waals surface area contributed by atoms with Gasteiger partial charge in [0.05, 0.1) is 30.4 Å². The lowest BCUT2D eigenvalue weighted by Gasteiger charge is -2.06. The number of nitrogens with zero attached hydrogens (tertiary/aromatic N) is 2. The van der Waals surface area contributed by atoms with E-state index in [9.17, 15) is 9.59 Å². The molecule has 0 saturated carbocycles. The number of hydrogen-bond donors (Lipinski definition) is 3. The summed E-state index contributed by atoms with van der Waals surface area (Å²) in [6.07, 6.45) is 1.37. The lowest BCUT2D eigenvalue weighted by atomic mass is 10.2. The Bertz CT molecular complexity index is 915. The maximum absolute atomic E-state index is 12.4. The third-order valence-corrected chi connectivity index (χ3v) is 4.20. The van der Waals surface area contributed by atoms with Crippen LogP contribution in [0.3, 0.4) is 0 Å². The number of rotatable bonds is 4. The molecule has 3 rings (SSSR count). The molecule has 0 aliphatic heterocycles.